The van der Waals surface area contributed by atoms with Crippen LogP contribution in [0.2, 0.25) is 0 Å². The molecule has 0 atom stereocenters. The van der Waals surface area contributed by atoms with Crippen LogP contribution in [0.15, 0.2) is 53.0 Å². The molecule has 1 aliphatic rings. The molecule has 1 N–H and O–H groups in total. The maximum absolute atomic E-state index is 12.2. The molecule has 0 fully saturated rings. The highest BCUT2D eigenvalue weighted by Gasteiger charge is 2.17. The van der Waals surface area contributed by atoms with Crippen molar-refractivity contribution in [3.05, 3.63) is 64.1 Å². The summed E-state index contributed by atoms with van der Waals surface area (Å²) < 4.78 is 6.25. The molecule has 0 saturated heterocycles. The first-order valence-electron chi connectivity index (χ1n) is 6.66. The Morgan fingerprint density at radius 3 is 2.73 bits per heavy atom. The third-order valence-electron chi connectivity index (χ3n) is 3.19. The molecular weight excluding hydrogens is 346 g/mol. The van der Waals surface area contributed by atoms with Crippen molar-refractivity contribution in [2.24, 2.45) is 0 Å². The van der Waals surface area contributed by atoms with E-state index in [2.05, 4.69) is 21.2 Å². The molecule has 2 aromatic carbocycles. The maximum atomic E-state index is 12.2. The summed E-state index contributed by atoms with van der Waals surface area (Å²) >= 11 is 3.36. The minimum Gasteiger partial charge on any atom is -0.482 e. The Labute approximate surface area is 135 Å². The molecule has 0 aromatic heterocycles. The van der Waals surface area contributed by atoms with Crippen LogP contribution in [-0.4, -0.2) is 18.3 Å². The number of nitrogens with one attached hydrogen (secondary N) is 1. The summed E-state index contributed by atoms with van der Waals surface area (Å²) in [6.07, 6.45) is 3.26. The van der Waals surface area contributed by atoms with Gasteiger partial charge in [0.25, 0.3) is 5.91 Å². The van der Waals surface area contributed by atoms with Gasteiger partial charge in [-0.15, -0.1) is 0 Å². The Bertz CT molecular complexity index is 766. The summed E-state index contributed by atoms with van der Waals surface area (Å²) in [5.74, 6) is 0.223. The smallest absolute Gasteiger partial charge is 0.262 e. The minimum absolute atomic E-state index is 0.00373. The molecule has 110 valence electrons. The molecule has 1 aliphatic heterocycles. The second-order valence-corrected chi connectivity index (χ2v) is 5.71. The lowest BCUT2D eigenvalue weighted by molar-refractivity contribution is -0.118. The van der Waals surface area contributed by atoms with E-state index in [0.717, 1.165) is 10.0 Å². The number of rotatable bonds is 3. The summed E-state index contributed by atoms with van der Waals surface area (Å²) in [6.45, 7) is 0.00373. The lowest BCUT2D eigenvalue weighted by Gasteiger charge is -2.17. The number of ether oxygens (including phenoxy) is 1. The van der Waals surface area contributed by atoms with Crippen molar-refractivity contribution < 1.29 is 14.3 Å². The molecule has 22 heavy (non-hydrogen) atoms. The minimum atomic E-state index is -0.220. The lowest BCUT2D eigenvalue weighted by atomic mass is 10.1. The van der Waals surface area contributed by atoms with Gasteiger partial charge >= 0.3 is 0 Å². The third kappa shape index (κ3) is 3.26. The number of hydrogen-bond acceptors (Lipinski definition) is 3. The summed E-state index contributed by atoms with van der Waals surface area (Å²) in [6, 6.07) is 12.6. The number of hydrogen-bond donors (Lipinski definition) is 1. The first-order valence-corrected chi connectivity index (χ1v) is 7.46. The third-order valence-corrected chi connectivity index (χ3v) is 3.72. The van der Waals surface area contributed by atoms with Crippen LogP contribution < -0.4 is 10.1 Å². The van der Waals surface area contributed by atoms with Gasteiger partial charge in [-0.25, -0.2) is 0 Å². The second kappa shape index (κ2) is 6.15. The normalized spacial score (nSPS) is 13.4. The Morgan fingerprint density at radius 1 is 1.18 bits per heavy atom. The van der Waals surface area contributed by atoms with Crippen LogP contribution in [0.25, 0.3) is 6.08 Å². The van der Waals surface area contributed by atoms with E-state index in [1.165, 1.54) is 6.08 Å². The van der Waals surface area contributed by atoms with Gasteiger partial charge in [0, 0.05) is 10.0 Å². The highest BCUT2D eigenvalue weighted by atomic mass is 79.9. The number of carbonyl (C=O) groups excluding carboxylic acids is 2. The van der Waals surface area contributed by atoms with Crippen molar-refractivity contribution in [3.8, 4) is 5.75 Å². The Kier molecular flexibility index (Phi) is 4.06. The molecule has 5 heteroatoms. The predicted octanol–water partition coefficient (Wildman–Crippen LogP) is 3.68. The van der Waals surface area contributed by atoms with Crippen LogP contribution in [0, 0.1) is 0 Å². The number of halogens is 1. The molecule has 0 bridgehead atoms. The van der Waals surface area contributed by atoms with E-state index < -0.39 is 0 Å². The summed E-state index contributed by atoms with van der Waals surface area (Å²) in [5.41, 5.74) is 1.96. The summed E-state index contributed by atoms with van der Waals surface area (Å²) in [7, 11) is 0. The van der Waals surface area contributed by atoms with Gasteiger partial charge in [0.1, 0.15) is 5.75 Å². The van der Waals surface area contributed by atoms with E-state index in [1.807, 2.05) is 24.3 Å². The molecule has 1 amide bonds. The van der Waals surface area contributed by atoms with E-state index in [4.69, 9.17) is 4.74 Å². The molecule has 0 spiro atoms. The predicted molar refractivity (Wildman–Crippen MR) is 88.1 cm³/mol. The van der Waals surface area contributed by atoms with E-state index in [0.29, 0.717) is 17.0 Å². The van der Waals surface area contributed by atoms with E-state index in [9.17, 15) is 9.59 Å². The number of amides is 1. The zero-order valence-electron chi connectivity index (χ0n) is 11.5. The zero-order valence-corrected chi connectivity index (χ0v) is 13.1. The molecule has 0 aliphatic carbocycles. The monoisotopic (exact) mass is 357 g/mol. The van der Waals surface area contributed by atoms with Crippen molar-refractivity contribution in [1.82, 2.24) is 0 Å². The average molecular weight is 358 g/mol. The van der Waals surface area contributed by atoms with Crippen molar-refractivity contribution in [2.45, 2.75) is 0 Å². The number of ketones is 1. The highest BCUT2D eigenvalue weighted by molar-refractivity contribution is 9.10. The fourth-order valence-electron chi connectivity index (χ4n) is 2.08. The van der Waals surface area contributed by atoms with Crippen LogP contribution >= 0.6 is 15.9 Å². The van der Waals surface area contributed by atoms with Gasteiger partial charge in [-0.05, 0) is 42.0 Å². The topological polar surface area (TPSA) is 55.4 Å². The van der Waals surface area contributed by atoms with E-state index in [1.54, 1.807) is 24.3 Å². The molecule has 3 rings (SSSR count). The fourth-order valence-corrected chi connectivity index (χ4v) is 2.34. The van der Waals surface area contributed by atoms with Crippen LogP contribution in [-0.2, 0) is 4.79 Å². The molecule has 0 saturated carbocycles. The maximum Gasteiger partial charge on any atom is 0.262 e. The summed E-state index contributed by atoms with van der Waals surface area (Å²) in [4.78, 5) is 23.5. The lowest BCUT2D eigenvalue weighted by Crippen LogP contribution is -2.25. The van der Waals surface area contributed by atoms with Crippen molar-refractivity contribution in [2.75, 3.05) is 11.9 Å². The van der Waals surface area contributed by atoms with Crippen molar-refractivity contribution in [3.63, 3.8) is 0 Å². The number of carbonyl (C=O) groups is 2. The van der Waals surface area contributed by atoms with Crippen molar-refractivity contribution in [1.29, 1.82) is 0 Å². The second-order valence-electron chi connectivity index (χ2n) is 4.80. The molecular formula is C17H12BrNO3. The molecule has 2 aromatic rings. The molecule has 1 heterocycles. The standard InChI is InChI=1S/C17H12BrNO3/c18-13-5-1-11(2-6-13)3-7-15(20)12-4-8-16-14(9-12)19-17(21)10-22-16/h1-9H,10H2,(H,19,21)/b7-3+. The number of anilines is 1. The van der Waals surface area contributed by atoms with Gasteiger partial charge in [0.15, 0.2) is 12.4 Å². The van der Waals surface area contributed by atoms with Crippen molar-refractivity contribution >= 4 is 39.4 Å². The fraction of sp³-hybridized carbons (Fsp3) is 0.0588. The van der Waals surface area contributed by atoms with Crippen LogP contribution in [0.3, 0.4) is 0 Å². The average Bonchev–Trinajstić information content (AvgIpc) is 2.53. The highest BCUT2D eigenvalue weighted by Crippen LogP contribution is 2.28. The van der Waals surface area contributed by atoms with Gasteiger partial charge in [0.05, 0.1) is 5.69 Å². The Hall–Kier alpha value is -2.40. The van der Waals surface area contributed by atoms with Gasteiger partial charge < -0.3 is 10.1 Å². The van der Waals surface area contributed by atoms with Gasteiger partial charge in [0.2, 0.25) is 0 Å². The first-order chi connectivity index (χ1) is 10.6. The Morgan fingerprint density at radius 2 is 1.95 bits per heavy atom. The number of allylic oxidation sites excluding steroid dienone is 1. The largest absolute Gasteiger partial charge is 0.482 e. The Balaban J connectivity index is 1.79. The molecule has 0 unspecified atom stereocenters. The van der Waals surface area contributed by atoms with E-state index >= 15 is 0 Å². The quantitative estimate of drug-likeness (QED) is 0.673. The van der Waals surface area contributed by atoms with Gasteiger partial charge in [-0.1, -0.05) is 34.1 Å². The number of benzene rings is 2. The first kappa shape index (κ1) is 14.5. The zero-order chi connectivity index (χ0) is 15.5. The molecule has 0 radical (unpaired) electrons. The SMILES string of the molecule is O=C1COc2ccc(C(=O)/C=C/c3ccc(Br)cc3)cc2N1. The van der Waals surface area contributed by atoms with Gasteiger partial charge in [-0.3, -0.25) is 9.59 Å². The van der Waals surface area contributed by atoms with E-state index in [-0.39, 0.29) is 18.3 Å². The van der Waals surface area contributed by atoms with Crippen LogP contribution in [0.5, 0.6) is 5.75 Å². The molecule has 4 nitrogen and oxygen atoms in total. The number of fused-ring (bicyclic) bond motifs is 1. The van der Waals surface area contributed by atoms with Crippen LogP contribution in [0.1, 0.15) is 15.9 Å². The van der Waals surface area contributed by atoms with Gasteiger partial charge in [-0.2, -0.15) is 0 Å². The van der Waals surface area contributed by atoms with Crippen LogP contribution in [0.4, 0.5) is 5.69 Å². The summed E-state index contributed by atoms with van der Waals surface area (Å²) in [5, 5.41) is 2.69.